The number of hydrogen-bond donors (Lipinski definition) is 0. The molecule has 1 aliphatic heterocycles. The molecule has 158 valence electrons. The smallest absolute Gasteiger partial charge is 0.243 e. The molecule has 0 bridgehead atoms. The van der Waals surface area contributed by atoms with Gasteiger partial charge in [0, 0.05) is 44.6 Å². The Balaban J connectivity index is 1.51. The van der Waals surface area contributed by atoms with Crippen molar-refractivity contribution in [3.8, 4) is 11.6 Å². The molecule has 0 amide bonds. The highest BCUT2D eigenvalue weighted by atomic mass is 32.2. The molecule has 1 saturated heterocycles. The fourth-order valence-corrected chi connectivity index (χ4v) is 5.32. The van der Waals surface area contributed by atoms with Crippen LogP contribution in [-0.4, -0.2) is 65.5 Å². The van der Waals surface area contributed by atoms with Crippen LogP contribution in [0.3, 0.4) is 0 Å². The van der Waals surface area contributed by atoms with Crippen molar-refractivity contribution in [2.24, 2.45) is 0 Å². The third-order valence-corrected chi connectivity index (χ3v) is 7.54. The molecule has 10 heteroatoms. The molecule has 1 aromatic carbocycles. The highest BCUT2D eigenvalue weighted by Crippen LogP contribution is 2.29. The molecule has 4 rings (SSSR count). The summed E-state index contributed by atoms with van der Waals surface area (Å²) in [5.74, 6) is 2.17. The number of benzene rings is 1. The second-order valence-corrected chi connectivity index (χ2v) is 9.02. The zero-order valence-corrected chi connectivity index (χ0v) is 18.0. The largest absolute Gasteiger partial charge is 0.496 e. The number of ether oxygens (including phenoxy) is 1. The van der Waals surface area contributed by atoms with Gasteiger partial charge < -0.3 is 9.64 Å². The number of rotatable bonds is 5. The topological polar surface area (TPSA) is 93.5 Å². The van der Waals surface area contributed by atoms with Gasteiger partial charge in [-0.05, 0) is 37.1 Å². The molecule has 0 unspecified atom stereocenters. The zero-order chi connectivity index (χ0) is 21.3. The maximum absolute atomic E-state index is 13.2. The van der Waals surface area contributed by atoms with Crippen molar-refractivity contribution in [1.29, 1.82) is 0 Å². The van der Waals surface area contributed by atoms with E-state index in [1.807, 2.05) is 26.1 Å². The first-order valence-corrected chi connectivity index (χ1v) is 11.1. The van der Waals surface area contributed by atoms with Crippen molar-refractivity contribution in [2.45, 2.75) is 18.7 Å². The van der Waals surface area contributed by atoms with Gasteiger partial charge in [0.1, 0.15) is 30.0 Å². The van der Waals surface area contributed by atoms with Crippen molar-refractivity contribution in [1.82, 2.24) is 23.8 Å². The monoisotopic (exact) mass is 428 g/mol. The molecule has 0 saturated carbocycles. The van der Waals surface area contributed by atoms with E-state index in [0.717, 1.165) is 22.8 Å². The third kappa shape index (κ3) is 3.63. The number of piperazine rings is 1. The van der Waals surface area contributed by atoms with Crippen molar-refractivity contribution < 1.29 is 13.2 Å². The predicted octanol–water partition coefficient (Wildman–Crippen LogP) is 1.80. The van der Waals surface area contributed by atoms with Crippen LogP contribution >= 0.6 is 0 Å². The van der Waals surface area contributed by atoms with E-state index in [1.165, 1.54) is 10.6 Å². The molecule has 0 atom stereocenters. The van der Waals surface area contributed by atoms with Crippen LogP contribution in [0.1, 0.15) is 11.1 Å². The van der Waals surface area contributed by atoms with E-state index >= 15 is 0 Å². The quantitative estimate of drug-likeness (QED) is 0.612. The minimum absolute atomic E-state index is 0.332. The number of hydrogen-bond acceptors (Lipinski definition) is 7. The van der Waals surface area contributed by atoms with E-state index < -0.39 is 10.0 Å². The van der Waals surface area contributed by atoms with E-state index in [4.69, 9.17) is 4.74 Å². The minimum atomic E-state index is -3.58. The molecule has 0 aliphatic carbocycles. The van der Waals surface area contributed by atoms with Crippen molar-refractivity contribution >= 4 is 15.8 Å². The van der Waals surface area contributed by atoms with E-state index in [1.54, 1.807) is 36.3 Å². The molecule has 0 radical (unpaired) electrons. The van der Waals surface area contributed by atoms with Gasteiger partial charge in [-0.3, -0.25) is 4.57 Å². The van der Waals surface area contributed by atoms with Crippen LogP contribution in [0.15, 0.2) is 48.1 Å². The first-order chi connectivity index (χ1) is 14.4. The van der Waals surface area contributed by atoms with Crippen LogP contribution < -0.4 is 9.64 Å². The Morgan fingerprint density at radius 3 is 2.40 bits per heavy atom. The Hall–Kier alpha value is -2.98. The first-order valence-electron chi connectivity index (χ1n) is 9.61. The van der Waals surface area contributed by atoms with Gasteiger partial charge in [-0.1, -0.05) is 0 Å². The minimum Gasteiger partial charge on any atom is -0.496 e. The Bertz CT molecular complexity index is 1140. The third-order valence-electron chi connectivity index (χ3n) is 5.50. The molecule has 0 N–H and O–H groups in total. The number of imidazole rings is 1. The maximum Gasteiger partial charge on any atom is 0.243 e. The number of anilines is 1. The van der Waals surface area contributed by atoms with Crippen molar-refractivity contribution in [3.05, 3.63) is 54.4 Å². The molecule has 2 aromatic heterocycles. The lowest BCUT2D eigenvalue weighted by molar-refractivity contribution is 0.383. The molecule has 1 fully saturated rings. The average Bonchev–Trinajstić information content (AvgIpc) is 3.31. The molecule has 1 aliphatic rings. The van der Waals surface area contributed by atoms with Gasteiger partial charge >= 0.3 is 0 Å². The van der Waals surface area contributed by atoms with Crippen LogP contribution in [0, 0.1) is 13.8 Å². The summed E-state index contributed by atoms with van der Waals surface area (Å²) in [5, 5.41) is 0. The molecular formula is C20H24N6O3S. The van der Waals surface area contributed by atoms with Crippen LogP contribution in [0.25, 0.3) is 5.82 Å². The zero-order valence-electron chi connectivity index (χ0n) is 17.2. The number of methoxy groups -OCH3 is 1. The van der Waals surface area contributed by atoms with Crippen LogP contribution in [0.5, 0.6) is 5.75 Å². The standard InChI is InChI=1S/C20H24N6O3S/c1-15-16(2)18(5-4-17(15)29-3)30(27,28)26-10-8-24(9-11-26)19-12-20(23-13-22-19)25-7-6-21-14-25/h4-7,12-14H,8-11H2,1-3H3. The first kappa shape index (κ1) is 20.3. The summed E-state index contributed by atoms with van der Waals surface area (Å²) in [6.45, 7) is 5.56. The normalized spacial score (nSPS) is 15.4. The van der Waals surface area contributed by atoms with E-state index in [-0.39, 0.29) is 0 Å². The summed E-state index contributed by atoms with van der Waals surface area (Å²) < 4.78 is 35.1. The summed E-state index contributed by atoms with van der Waals surface area (Å²) in [6, 6.07) is 5.22. The van der Waals surface area contributed by atoms with E-state index in [0.29, 0.717) is 36.8 Å². The van der Waals surface area contributed by atoms with Crippen molar-refractivity contribution in [3.63, 3.8) is 0 Å². The van der Waals surface area contributed by atoms with Gasteiger partial charge in [0.2, 0.25) is 10.0 Å². The summed E-state index contributed by atoms with van der Waals surface area (Å²) in [4.78, 5) is 15.1. The second-order valence-electron chi connectivity index (χ2n) is 7.11. The Morgan fingerprint density at radius 1 is 1.00 bits per heavy atom. The van der Waals surface area contributed by atoms with Crippen LogP contribution in [0.4, 0.5) is 5.82 Å². The van der Waals surface area contributed by atoms with Gasteiger partial charge in [-0.2, -0.15) is 4.31 Å². The van der Waals surface area contributed by atoms with Crippen molar-refractivity contribution in [2.75, 3.05) is 38.2 Å². The van der Waals surface area contributed by atoms with Gasteiger partial charge in [0.05, 0.1) is 12.0 Å². The fraction of sp³-hybridized carbons (Fsp3) is 0.350. The molecule has 3 heterocycles. The highest BCUT2D eigenvalue weighted by Gasteiger charge is 2.31. The number of nitrogens with zero attached hydrogens (tertiary/aromatic N) is 6. The van der Waals surface area contributed by atoms with E-state index in [9.17, 15) is 8.42 Å². The Morgan fingerprint density at radius 2 is 1.73 bits per heavy atom. The fourth-order valence-electron chi connectivity index (χ4n) is 3.61. The lowest BCUT2D eigenvalue weighted by atomic mass is 10.1. The molecular weight excluding hydrogens is 404 g/mol. The van der Waals surface area contributed by atoms with Crippen LogP contribution in [-0.2, 0) is 10.0 Å². The molecule has 30 heavy (non-hydrogen) atoms. The molecule has 3 aromatic rings. The van der Waals surface area contributed by atoms with Gasteiger partial charge in [-0.15, -0.1) is 0 Å². The summed E-state index contributed by atoms with van der Waals surface area (Å²) in [7, 11) is -2.00. The molecule has 9 nitrogen and oxygen atoms in total. The summed E-state index contributed by atoms with van der Waals surface area (Å²) >= 11 is 0. The van der Waals surface area contributed by atoms with Gasteiger partial charge in [0.15, 0.2) is 0 Å². The average molecular weight is 429 g/mol. The number of sulfonamides is 1. The Kier molecular flexibility index (Phi) is 5.44. The number of aromatic nitrogens is 4. The highest BCUT2D eigenvalue weighted by molar-refractivity contribution is 7.89. The summed E-state index contributed by atoms with van der Waals surface area (Å²) in [5.41, 5.74) is 1.56. The Labute approximate surface area is 176 Å². The maximum atomic E-state index is 13.2. The summed E-state index contributed by atoms with van der Waals surface area (Å²) in [6.07, 6.45) is 6.69. The van der Waals surface area contributed by atoms with Crippen LogP contribution in [0.2, 0.25) is 0 Å². The lowest BCUT2D eigenvalue weighted by Crippen LogP contribution is -2.49. The second kappa shape index (κ2) is 8.04. The predicted molar refractivity (Wildman–Crippen MR) is 113 cm³/mol. The van der Waals surface area contributed by atoms with E-state index in [2.05, 4.69) is 19.9 Å². The van der Waals surface area contributed by atoms with Gasteiger partial charge in [-0.25, -0.2) is 23.4 Å². The SMILES string of the molecule is COc1ccc(S(=O)(=O)N2CCN(c3cc(-n4ccnc4)ncn3)CC2)c(C)c1C. The van der Waals surface area contributed by atoms with Gasteiger partial charge in [0.25, 0.3) is 0 Å². The lowest BCUT2D eigenvalue weighted by Gasteiger charge is -2.35. The molecule has 0 spiro atoms.